The van der Waals surface area contributed by atoms with Crippen LogP contribution < -0.4 is 0 Å². The van der Waals surface area contributed by atoms with Gasteiger partial charge in [0.1, 0.15) is 0 Å². The average molecular weight is 441 g/mol. The molecule has 0 aliphatic heterocycles. The molecule has 164 valence electrons. The largest absolute Gasteiger partial charge is 0.334 e. The molecule has 1 aromatic heterocycles. The molecule has 0 amide bonds. The first-order chi connectivity index (χ1) is 16.6. The van der Waals surface area contributed by atoms with Crippen LogP contribution in [-0.4, -0.2) is 10.1 Å². The first-order valence-electron chi connectivity index (χ1n) is 11.5. The summed E-state index contributed by atoms with van der Waals surface area (Å²) in [5, 5.41) is 4.45. The van der Waals surface area contributed by atoms with Crippen molar-refractivity contribution < 1.29 is 4.52 Å². The maximum Gasteiger partial charge on any atom is 0.259 e. The van der Waals surface area contributed by atoms with Gasteiger partial charge in [-0.05, 0) is 59.7 Å². The minimum atomic E-state index is 0.530. The van der Waals surface area contributed by atoms with Crippen LogP contribution in [0.4, 0.5) is 0 Å². The SMILES string of the molecule is Cc1cc(C)c(-c2noc(C(=C3c4ccccc4-c4ccccc43)c3ccccc3)n2)c(C)c1. The summed E-state index contributed by atoms with van der Waals surface area (Å²) in [5.41, 5.74) is 12.5. The molecule has 0 N–H and O–H groups in total. The summed E-state index contributed by atoms with van der Waals surface area (Å²) in [6.45, 7) is 6.31. The van der Waals surface area contributed by atoms with Crippen LogP contribution in [0.25, 0.3) is 33.7 Å². The quantitative estimate of drug-likeness (QED) is 0.284. The topological polar surface area (TPSA) is 38.9 Å². The molecule has 3 nitrogen and oxygen atoms in total. The van der Waals surface area contributed by atoms with E-state index in [0.29, 0.717) is 11.7 Å². The maximum atomic E-state index is 6.00. The Morgan fingerprint density at radius 3 is 1.76 bits per heavy atom. The van der Waals surface area contributed by atoms with E-state index in [1.54, 1.807) is 0 Å². The molecule has 5 aromatic rings. The summed E-state index contributed by atoms with van der Waals surface area (Å²) in [4.78, 5) is 4.96. The lowest BCUT2D eigenvalue weighted by Crippen LogP contribution is -1.96. The molecule has 0 atom stereocenters. The van der Waals surface area contributed by atoms with Crippen molar-refractivity contribution in [2.24, 2.45) is 0 Å². The standard InChI is InChI=1S/C31H24N2O/c1-19-17-20(2)27(21(3)18-19)30-32-31(34-33-30)28(22-11-5-4-6-12-22)29-25-15-9-7-13-23(25)24-14-8-10-16-26(24)29/h4-18H,1-3H3. The molecule has 3 heteroatoms. The summed E-state index contributed by atoms with van der Waals surface area (Å²) in [6.07, 6.45) is 0. The molecule has 0 saturated carbocycles. The number of fused-ring (bicyclic) bond motifs is 3. The molecule has 34 heavy (non-hydrogen) atoms. The summed E-state index contributed by atoms with van der Waals surface area (Å²) in [5.74, 6) is 1.15. The lowest BCUT2D eigenvalue weighted by atomic mass is 9.93. The minimum Gasteiger partial charge on any atom is -0.334 e. The summed E-state index contributed by atoms with van der Waals surface area (Å²) >= 11 is 0. The van der Waals surface area contributed by atoms with Gasteiger partial charge in [-0.3, -0.25) is 0 Å². The van der Waals surface area contributed by atoms with Crippen molar-refractivity contribution in [1.82, 2.24) is 10.1 Å². The van der Waals surface area contributed by atoms with Crippen LogP contribution in [0.2, 0.25) is 0 Å². The van der Waals surface area contributed by atoms with Crippen LogP contribution in [0.5, 0.6) is 0 Å². The highest BCUT2D eigenvalue weighted by Crippen LogP contribution is 2.48. The van der Waals surface area contributed by atoms with E-state index in [0.717, 1.165) is 33.4 Å². The molecular weight excluding hydrogens is 416 g/mol. The molecule has 0 radical (unpaired) electrons. The van der Waals surface area contributed by atoms with Gasteiger partial charge in [0.25, 0.3) is 5.89 Å². The van der Waals surface area contributed by atoms with Gasteiger partial charge >= 0.3 is 0 Å². The third kappa shape index (κ3) is 3.20. The Labute approximate surface area is 199 Å². The number of hydrogen-bond acceptors (Lipinski definition) is 3. The summed E-state index contributed by atoms with van der Waals surface area (Å²) in [6, 6.07) is 31.8. The highest BCUT2D eigenvalue weighted by molar-refractivity contribution is 6.12. The third-order valence-electron chi connectivity index (χ3n) is 6.54. The second-order valence-corrected chi connectivity index (χ2v) is 8.90. The maximum absolute atomic E-state index is 6.00. The molecular formula is C31H24N2O. The summed E-state index contributed by atoms with van der Waals surface area (Å²) in [7, 11) is 0. The average Bonchev–Trinajstić information content (AvgIpc) is 3.44. The van der Waals surface area contributed by atoms with Crippen molar-refractivity contribution >= 4 is 11.1 Å². The monoisotopic (exact) mass is 440 g/mol. The molecule has 0 spiro atoms. The van der Waals surface area contributed by atoms with Gasteiger partial charge in [0, 0.05) is 11.1 Å². The number of benzene rings is 4. The minimum absolute atomic E-state index is 0.530. The van der Waals surface area contributed by atoms with Crippen LogP contribution in [0.3, 0.4) is 0 Å². The molecule has 1 aliphatic rings. The van der Waals surface area contributed by atoms with E-state index in [1.807, 2.05) is 18.2 Å². The lowest BCUT2D eigenvalue weighted by Gasteiger charge is -2.11. The predicted octanol–water partition coefficient (Wildman–Crippen LogP) is 7.65. The van der Waals surface area contributed by atoms with Crippen molar-refractivity contribution in [3.05, 3.63) is 130 Å². The van der Waals surface area contributed by atoms with Gasteiger partial charge in [-0.15, -0.1) is 0 Å². The van der Waals surface area contributed by atoms with Gasteiger partial charge in [0.15, 0.2) is 0 Å². The first-order valence-corrected chi connectivity index (χ1v) is 11.5. The van der Waals surface area contributed by atoms with Crippen molar-refractivity contribution in [3.8, 4) is 22.5 Å². The van der Waals surface area contributed by atoms with E-state index in [9.17, 15) is 0 Å². The van der Waals surface area contributed by atoms with Gasteiger partial charge in [-0.2, -0.15) is 4.98 Å². The highest BCUT2D eigenvalue weighted by Gasteiger charge is 2.29. The van der Waals surface area contributed by atoms with Gasteiger partial charge < -0.3 is 4.52 Å². The molecule has 6 rings (SSSR count). The zero-order valence-electron chi connectivity index (χ0n) is 19.5. The number of rotatable bonds is 3. The number of aryl methyl sites for hydroxylation is 3. The zero-order chi connectivity index (χ0) is 23.2. The molecule has 0 unspecified atom stereocenters. The molecule has 0 bridgehead atoms. The molecule has 4 aromatic carbocycles. The Kier molecular flexibility index (Phi) is 4.77. The van der Waals surface area contributed by atoms with Crippen molar-refractivity contribution in [2.75, 3.05) is 0 Å². The Bertz CT molecular complexity index is 1500. The number of nitrogens with zero attached hydrogens (tertiary/aromatic N) is 2. The van der Waals surface area contributed by atoms with E-state index in [4.69, 9.17) is 9.51 Å². The van der Waals surface area contributed by atoms with Crippen LogP contribution >= 0.6 is 0 Å². The van der Waals surface area contributed by atoms with Gasteiger partial charge in [-0.1, -0.05) is 102 Å². The second kappa shape index (κ2) is 7.96. The van der Waals surface area contributed by atoms with E-state index >= 15 is 0 Å². The number of aromatic nitrogens is 2. The fourth-order valence-corrected chi connectivity index (χ4v) is 5.23. The summed E-state index contributed by atoms with van der Waals surface area (Å²) < 4.78 is 6.00. The van der Waals surface area contributed by atoms with E-state index in [2.05, 4.69) is 98.7 Å². The molecule has 1 aliphatic carbocycles. The van der Waals surface area contributed by atoms with Crippen LogP contribution in [0.1, 0.15) is 39.3 Å². The second-order valence-electron chi connectivity index (χ2n) is 8.90. The molecule has 0 saturated heterocycles. The van der Waals surface area contributed by atoms with Gasteiger partial charge in [0.05, 0.1) is 5.57 Å². The fraction of sp³-hybridized carbons (Fsp3) is 0.0968. The Morgan fingerprint density at radius 2 is 1.18 bits per heavy atom. The Hall–Kier alpha value is -4.24. The fourth-order valence-electron chi connectivity index (χ4n) is 5.23. The van der Waals surface area contributed by atoms with Crippen LogP contribution in [0, 0.1) is 20.8 Å². The Balaban J connectivity index is 1.64. The van der Waals surface area contributed by atoms with Crippen molar-refractivity contribution in [3.63, 3.8) is 0 Å². The predicted molar refractivity (Wildman–Crippen MR) is 137 cm³/mol. The first kappa shape index (κ1) is 20.4. The van der Waals surface area contributed by atoms with Crippen LogP contribution in [0.15, 0.2) is 95.5 Å². The van der Waals surface area contributed by atoms with Crippen LogP contribution in [-0.2, 0) is 0 Å². The molecule has 0 fully saturated rings. The van der Waals surface area contributed by atoms with Crippen molar-refractivity contribution in [2.45, 2.75) is 20.8 Å². The smallest absolute Gasteiger partial charge is 0.259 e. The van der Waals surface area contributed by atoms with E-state index in [1.165, 1.54) is 27.8 Å². The molecule has 1 heterocycles. The van der Waals surface area contributed by atoms with E-state index < -0.39 is 0 Å². The highest BCUT2D eigenvalue weighted by atomic mass is 16.5. The lowest BCUT2D eigenvalue weighted by molar-refractivity contribution is 0.409. The normalized spacial score (nSPS) is 11.9. The zero-order valence-corrected chi connectivity index (χ0v) is 19.5. The van der Waals surface area contributed by atoms with Gasteiger partial charge in [0.2, 0.25) is 5.82 Å². The third-order valence-corrected chi connectivity index (χ3v) is 6.54. The Morgan fingerprint density at radius 1 is 0.647 bits per heavy atom. The van der Waals surface area contributed by atoms with E-state index in [-0.39, 0.29) is 0 Å². The van der Waals surface area contributed by atoms with Gasteiger partial charge in [-0.25, -0.2) is 0 Å². The van der Waals surface area contributed by atoms with Crippen molar-refractivity contribution in [1.29, 1.82) is 0 Å². The number of hydrogen-bond donors (Lipinski definition) is 0.